The minimum atomic E-state index is -0.893. The second-order valence-corrected chi connectivity index (χ2v) is 5.46. The average Bonchev–Trinajstić information content (AvgIpc) is 2.98. The van der Waals surface area contributed by atoms with Gasteiger partial charge in [-0.3, -0.25) is 0 Å². The number of methoxy groups -OCH3 is 1. The van der Waals surface area contributed by atoms with E-state index in [0.717, 1.165) is 5.56 Å². The van der Waals surface area contributed by atoms with Crippen LogP contribution in [-0.2, 0) is 19.9 Å². The van der Waals surface area contributed by atoms with E-state index in [2.05, 4.69) is 0 Å². The van der Waals surface area contributed by atoms with Gasteiger partial charge in [0.2, 0.25) is 5.60 Å². The molecule has 2 rings (SSSR count). The smallest absolute Gasteiger partial charge is 0.341 e. The number of hydrogen-bond acceptors (Lipinski definition) is 3. The maximum Gasteiger partial charge on any atom is 0.341 e. The molecule has 1 fully saturated rings. The molecule has 0 aromatic heterocycles. The molecule has 1 aromatic carbocycles. The van der Waals surface area contributed by atoms with Gasteiger partial charge in [-0.05, 0) is 30.5 Å². The van der Waals surface area contributed by atoms with Gasteiger partial charge >= 0.3 is 5.97 Å². The molecular weight excluding hydrogens is 252 g/mol. The number of hydrogen-bond donors (Lipinski definition) is 0. The SMILES string of the molecule is COC(=O)C1(C(C)C)OC1(C)c1ccc(Cl)cc1. The van der Waals surface area contributed by atoms with Crippen molar-refractivity contribution in [3.63, 3.8) is 0 Å². The maximum atomic E-state index is 12.0. The minimum absolute atomic E-state index is 0.0330. The summed E-state index contributed by atoms with van der Waals surface area (Å²) in [4.78, 5) is 12.0. The second kappa shape index (κ2) is 4.25. The second-order valence-electron chi connectivity index (χ2n) is 5.02. The van der Waals surface area contributed by atoms with Gasteiger partial charge in [-0.15, -0.1) is 0 Å². The van der Waals surface area contributed by atoms with Gasteiger partial charge in [0, 0.05) is 5.02 Å². The molecule has 1 saturated heterocycles. The predicted octanol–water partition coefficient (Wildman–Crippen LogP) is 3.15. The third-order valence-corrected chi connectivity index (χ3v) is 3.98. The number of rotatable bonds is 3. The number of esters is 1. The molecule has 3 nitrogen and oxygen atoms in total. The Hall–Kier alpha value is -1.06. The van der Waals surface area contributed by atoms with Crippen LogP contribution in [0.1, 0.15) is 26.3 Å². The predicted molar refractivity (Wildman–Crippen MR) is 69.5 cm³/mol. The van der Waals surface area contributed by atoms with Gasteiger partial charge in [0.15, 0.2) is 0 Å². The Labute approximate surface area is 112 Å². The van der Waals surface area contributed by atoms with Crippen LogP contribution >= 0.6 is 11.6 Å². The third kappa shape index (κ3) is 1.65. The largest absolute Gasteiger partial charge is 0.467 e. The number of epoxide rings is 1. The molecule has 2 atom stereocenters. The fraction of sp³-hybridized carbons (Fsp3) is 0.500. The molecule has 18 heavy (non-hydrogen) atoms. The Bertz CT molecular complexity index is 468. The molecule has 1 aliphatic heterocycles. The molecule has 0 radical (unpaired) electrons. The van der Waals surface area contributed by atoms with Crippen LogP contribution in [0.5, 0.6) is 0 Å². The molecular formula is C14H17ClO3. The molecule has 0 amide bonds. The van der Waals surface area contributed by atoms with Crippen molar-refractivity contribution in [2.24, 2.45) is 5.92 Å². The first-order valence-electron chi connectivity index (χ1n) is 5.93. The lowest BCUT2D eigenvalue weighted by molar-refractivity contribution is -0.148. The molecule has 0 spiro atoms. The Morgan fingerprint density at radius 3 is 2.33 bits per heavy atom. The van der Waals surface area contributed by atoms with Crippen molar-refractivity contribution < 1.29 is 14.3 Å². The van der Waals surface area contributed by atoms with Crippen molar-refractivity contribution in [2.45, 2.75) is 32.0 Å². The summed E-state index contributed by atoms with van der Waals surface area (Å²) in [7, 11) is 1.39. The molecule has 98 valence electrons. The zero-order valence-corrected chi connectivity index (χ0v) is 11.7. The lowest BCUT2D eigenvalue weighted by atomic mass is 9.80. The maximum absolute atomic E-state index is 12.0. The molecule has 4 heteroatoms. The Balaban J connectivity index is 2.40. The van der Waals surface area contributed by atoms with E-state index in [-0.39, 0.29) is 11.9 Å². The van der Waals surface area contributed by atoms with Crippen molar-refractivity contribution in [1.82, 2.24) is 0 Å². The molecule has 0 N–H and O–H groups in total. The fourth-order valence-electron chi connectivity index (χ4n) is 2.63. The lowest BCUT2D eigenvalue weighted by Crippen LogP contribution is -2.37. The molecule has 1 aromatic rings. The van der Waals surface area contributed by atoms with Crippen LogP contribution in [0.3, 0.4) is 0 Å². The molecule has 0 bridgehead atoms. The lowest BCUT2D eigenvalue weighted by Gasteiger charge is -2.18. The van der Waals surface area contributed by atoms with E-state index in [4.69, 9.17) is 21.1 Å². The van der Waals surface area contributed by atoms with Crippen LogP contribution in [0.2, 0.25) is 5.02 Å². The van der Waals surface area contributed by atoms with Crippen LogP contribution < -0.4 is 0 Å². The van der Waals surface area contributed by atoms with Crippen molar-refractivity contribution in [3.8, 4) is 0 Å². The van der Waals surface area contributed by atoms with E-state index in [9.17, 15) is 4.79 Å². The summed E-state index contributed by atoms with van der Waals surface area (Å²) in [6.07, 6.45) is 0. The van der Waals surface area contributed by atoms with Crippen LogP contribution in [0.4, 0.5) is 0 Å². The normalized spacial score (nSPS) is 30.3. The summed E-state index contributed by atoms with van der Waals surface area (Å²) in [5.41, 5.74) is -0.597. The van der Waals surface area contributed by atoms with Crippen molar-refractivity contribution in [3.05, 3.63) is 34.9 Å². The van der Waals surface area contributed by atoms with Gasteiger partial charge in [0.25, 0.3) is 0 Å². The quantitative estimate of drug-likeness (QED) is 0.624. The number of carbonyl (C=O) groups is 1. The topological polar surface area (TPSA) is 38.8 Å². The van der Waals surface area contributed by atoms with Crippen LogP contribution in [0.25, 0.3) is 0 Å². The zero-order chi connectivity index (χ0) is 13.6. The molecule has 0 aliphatic carbocycles. The van der Waals surface area contributed by atoms with E-state index in [0.29, 0.717) is 5.02 Å². The third-order valence-electron chi connectivity index (χ3n) is 3.73. The summed E-state index contributed by atoms with van der Waals surface area (Å²) in [6, 6.07) is 7.36. The monoisotopic (exact) mass is 268 g/mol. The van der Waals surface area contributed by atoms with Crippen LogP contribution in [0.15, 0.2) is 24.3 Å². The summed E-state index contributed by atoms with van der Waals surface area (Å²) in [5.74, 6) is -0.291. The van der Waals surface area contributed by atoms with Gasteiger partial charge in [-0.2, -0.15) is 0 Å². The number of ether oxygens (including phenoxy) is 2. The zero-order valence-electron chi connectivity index (χ0n) is 11.0. The summed E-state index contributed by atoms with van der Waals surface area (Å²) in [6.45, 7) is 5.82. The van der Waals surface area contributed by atoms with E-state index < -0.39 is 11.2 Å². The van der Waals surface area contributed by atoms with Gasteiger partial charge < -0.3 is 9.47 Å². The van der Waals surface area contributed by atoms with Gasteiger partial charge in [0.05, 0.1) is 7.11 Å². The van der Waals surface area contributed by atoms with E-state index >= 15 is 0 Å². The summed E-state index contributed by atoms with van der Waals surface area (Å²) in [5, 5.41) is 0.663. The van der Waals surface area contributed by atoms with Gasteiger partial charge in [0.1, 0.15) is 5.60 Å². The van der Waals surface area contributed by atoms with Crippen LogP contribution in [-0.4, -0.2) is 18.7 Å². The Kier molecular flexibility index (Phi) is 3.16. The highest BCUT2D eigenvalue weighted by atomic mass is 35.5. The number of halogens is 1. The van der Waals surface area contributed by atoms with Gasteiger partial charge in [-0.1, -0.05) is 37.6 Å². The number of benzene rings is 1. The molecule has 1 aliphatic rings. The van der Waals surface area contributed by atoms with Crippen molar-refractivity contribution in [1.29, 1.82) is 0 Å². The molecule has 0 saturated carbocycles. The Morgan fingerprint density at radius 2 is 1.89 bits per heavy atom. The van der Waals surface area contributed by atoms with Crippen molar-refractivity contribution >= 4 is 17.6 Å². The molecule has 2 unspecified atom stereocenters. The summed E-state index contributed by atoms with van der Waals surface area (Å²) >= 11 is 5.87. The first kappa shape index (κ1) is 13.4. The highest BCUT2D eigenvalue weighted by molar-refractivity contribution is 6.30. The first-order valence-corrected chi connectivity index (χ1v) is 6.31. The first-order chi connectivity index (χ1) is 8.38. The fourth-order valence-corrected chi connectivity index (χ4v) is 2.76. The van der Waals surface area contributed by atoms with E-state index in [1.54, 1.807) is 12.1 Å². The highest BCUT2D eigenvalue weighted by Gasteiger charge is 2.75. The van der Waals surface area contributed by atoms with E-state index in [1.165, 1.54) is 7.11 Å². The average molecular weight is 269 g/mol. The van der Waals surface area contributed by atoms with E-state index in [1.807, 2.05) is 32.9 Å². The van der Waals surface area contributed by atoms with Crippen molar-refractivity contribution in [2.75, 3.05) is 7.11 Å². The van der Waals surface area contributed by atoms with Crippen LogP contribution in [0, 0.1) is 5.92 Å². The summed E-state index contributed by atoms with van der Waals surface area (Å²) < 4.78 is 10.7. The molecule has 1 heterocycles. The minimum Gasteiger partial charge on any atom is -0.467 e. The highest BCUT2D eigenvalue weighted by Crippen LogP contribution is 2.60. The number of carbonyl (C=O) groups excluding carboxylic acids is 1. The standard InChI is InChI=1S/C14H17ClO3/c1-9(2)14(12(16)17-4)13(3,18-14)10-5-7-11(15)8-6-10/h5-9H,1-4H3. The Morgan fingerprint density at radius 1 is 1.33 bits per heavy atom. The van der Waals surface area contributed by atoms with Gasteiger partial charge in [-0.25, -0.2) is 4.79 Å².